The third-order valence-electron chi connectivity index (χ3n) is 3.04. The molecular weight excluding hydrogens is 258 g/mol. The molecule has 7 nitrogen and oxygen atoms in total. The van der Waals surface area contributed by atoms with E-state index >= 15 is 0 Å². The summed E-state index contributed by atoms with van der Waals surface area (Å²) in [4.78, 5) is 19.0. The first-order chi connectivity index (χ1) is 9.65. The Balaban J connectivity index is 1.79. The van der Waals surface area contributed by atoms with Gasteiger partial charge in [-0.1, -0.05) is 6.07 Å². The lowest BCUT2D eigenvalue weighted by molar-refractivity contribution is 0.0995. The number of nitrogens with two attached hydrogens (primary N) is 2. The standard InChI is InChI=1S/C13H19N5O2/c14-12(19)11-4-3-9(6-16-11)7-17-13(15)18-8-10-2-1-5-20-10/h3-4,6,10H,1-2,5,7-8H2,(H2,14,19)(H3,15,17,18). The molecule has 2 rings (SSSR count). The Kier molecular flexibility index (Phi) is 4.89. The Bertz CT molecular complexity index is 480. The molecule has 0 saturated carbocycles. The molecule has 1 fully saturated rings. The Hall–Kier alpha value is -2.15. The highest BCUT2D eigenvalue weighted by molar-refractivity contribution is 5.90. The van der Waals surface area contributed by atoms with Crippen molar-refractivity contribution < 1.29 is 9.53 Å². The molecule has 1 atom stereocenters. The summed E-state index contributed by atoms with van der Waals surface area (Å²) in [6, 6.07) is 3.33. The summed E-state index contributed by atoms with van der Waals surface area (Å²) in [6.45, 7) is 1.89. The van der Waals surface area contributed by atoms with Crippen LogP contribution in [0.25, 0.3) is 0 Å². The zero-order valence-corrected chi connectivity index (χ0v) is 11.2. The first-order valence-electron chi connectivity index (χ1n) is 6.55. The molecule has 1 amide bonds. The number of nitrogens with zero attached hydrogens (tertiary/aromatic N) is 2. The summed E-state index contributed by atoms with van der Waals surface area (Å²) in [5.41, 5.74) is 12.0. The van der Waals surface area contributed by atoms with Gasteiger partial charge in [0.25, 0.3) is 5.91 Å². The minimum atomic E-state index is -0.544. The Morgan fingerprint density at radius 2 is 2.35 bits per heavy atom. The van der Waals surface area contributed by atoms with E-state index in [4.69, 9.17) is 16.2 Å². The van der Waals surface area contributed by atoms with Gasteiger partial charge in [0.2, 0.25) is 0 Å². The quantitative estimate of drug-likeness (QED) is 0.507. The van der Waals surface area contributed by atoms with Crippen LogP contribution < -0.4 is 16.8 Å². The van der Waals surface area contributed by atoms with E-state index in [0.717, 1.165) is 25.0 Å². The van der Waals surface area contributed by atoms with E-state index in [-0.39, 0.29) is 11.8 Å². The van der Waals surface area contributed by atoms with Crippen LogP contribution in [-0.4, -0.2) is 36.1 Å². The second kappa shape index (κ2) is 6.85. The summed E-state index contributed by atoms with van der Waals surface area (Å²) in [7, 11) is 0. The molecule has 7 heteroatoms. The molecule has 0 aromatic carbocycles. The number of nitrogens with one attached hydrogen (secondary N) is 1. The lowest BCUT2D eigenvalue weighted by atomic mass is 10.2. The maximum Gasteiger partial charge on any atom is 0.267 e. The highest BCUT2D eigenvalue weighted by Gasteiger charge is 2.14. The molecule has 5 N–H and O–H groups in total. The number of primary amides is 1. The van der Waals surface area contributed by atoms with E-state index in [1.807, 2.05) is 0 Å². The number of ether oxygens (including phenoxy) is 1. The van der Waals surface area contributed by atoms with Gasteiger partial charge in [-0.05, 0) is 24.5 Å². The fourth-order valence-corrected chi connectivity index (χ4v) is 1.92. The van der Waals surface area contributed by atoms with E-state index in [0.29, 0.717) is 19.0 Å². The largest absolute Gasteiger partial charge is 0.376 e. The molecule has 20 heavy (non-hydrogen) atoms. The molecule has 0 radical (unpaired) electrons. The zero-order valence-electron chi connectivity index (χ0n) is 11.2. The number of hydrogen-bond acceptors (Lipinski definition) is 4. The van der Waals surface area contributed by atoms with E-state index in [2.05, 4.69) is 15.3 Å². The van der Waals surface area contributed by atoms with Gasteiger partial charge in [0.1, 0.15) is 5.69 Å². The van der Waals surface area contributed by atoms with Crippen LogP contribution in [0.5, 0.6) is 0 Å². The molecular formula is C13H19N5O2. The number of guanidine groups is 1. The van der Waals surface area contributed by atoms with E-state index < -0.39 is 5.91 Å². The SMILES string of the molecule is NC(=O)c1ccc(CN=C(N)NCC2CCCO2)cn1. The van der Waals surface area contributed by atoms with Crippen LogP contribution in [0.4, 0.5) is 0 Å². The number of pyridine rings is 1. The molecule has 1 unspecified atom stereocenters. The second-order valence-corrected chi connectivity index (χ2v) is 4.63. The van der Waals surface area contributed by atoms with E-state index in [1.54, 1.807) is 18.3 Å². The molecule has 1 saturated heterocycles. The first kappa shape index (κ1) is 14.3. The van der Waals surface area contributed by atoms with Crippen molar-refractivity contribution >= 4 is 11.9 Å². The Labute approximate surface area is 117 Å². The van der Waals surface area contributed by atoms with Gasteiger partial charge in [0.05, 0.1) is 12.6 Å². The van der Waals surface area contributed by atoms with Gasteiger partial charge >= 0.3 is 0 Å². The summed E-state index contributed by atoms with van der Waals surface area (Å²) < 4.78 is 5.47. The van der Waals surface area contributed by atoms with Gasteiger partial charge in [-0.15, -0.1) is 0 Å². The molecule has 1 aliphatic rings. The fourth-order valence-electron chi connectivity index (χ4n) is 1.92. The lowest BCUT2D eigenvalue weighted by Crippen LogP contribution is -2.37. The third-order valence-corrected chi connectivity index (χ3v) is 3.04. The van der Waals surface area contributed by atoms with Crippen molar-refractivity contribution in [2.45, 2.75) is 25.5 Å². The molecule has 1 aliphatic heterocycles. The highest BCUT2D eigenvalue weighted by atomic mass is 16.5. The number of amides is 1. The third kappa shape index (κ3) is 4.20. The fraction of sp³-hybridized carbons (Fsp3) is 0.462. The molecule has 1 aromatic heterocycles. The van der Waals surface area contributed by atoms with Crippen LogP contribution in [0.3, 0.4) is 0 Å². The van der Waals surface area contributed by atoms with Crippen molar-refractivity contribution in [3.05, 3.63) is 29.6 Å². The average Bonchev–Trinajstić information content (AvgIpc) is 2.96. The molecule has 0 spiro atoms. The van der Waals surface area contributed by atoms with Gasteiger partial charge in [-0.2, -0.15) is 0 Å². The minimum Gasteiger partial charge on any atom is -0.376 e. The van der Waals surface area contributed by atoms with Crippen LogP contribution in [0.15, 0.2) is 23.3 Å². The number of carbonyl (C=O) groups is 1. The van der Waals surface area contributed by atoms with Gasteiger partial charge in [-0.3, -0.25) is 9.78 Å². The van der Waals surface area contributed by atoms with Crippen LogP contribution >= 0.6 is 0 Å². The second-order valence-electron chi connectivity index (χ2n) is 4.63. The Morgan fingerprint density at radius 1 is 1.50 bits per heavy atom. The van der Waals surface area contributed by atoms with Crippen molar-refractivity contribution in [2.75, 3.05) is 13.2 Å². The van der Waals surface area contributed by atoms with Gasteiger partial charge in [0.15, 0.2) is 5.96 Å². The van der Waals surface area contributed by atoms with Gasteiger partial charge in [0, 0.05) is 19.3 Å². The number of aliphatic imine (C=N–C) groups is 1. The van der Waals surface area contributed by atoms with Crippen molar-refractivity contribution in [1.82, 2.24) is 10.3 Å². The zero-order chi connectivity index (χ0) is 14.4. The maximum atomic E-state index is 10.9. The Morgan fingerprint density at radius 3 is 2.95 bits per heavy atom. The van der Waals surface area contributed by atoms with Crippen LogP contribution in [0, 0.1) is 0 Å². The van der Waals surface area contributed by atoms with Crippen LogP contribution in [0.1, 0.15) is 28.9 Å². The van der Waals surface area contributed by atoms with Crippen LogP contribution in [0.2, 0.25) is 0 Å². The normalized spacial score (nSPS) is 19.0. The van der Waals surface area contributed by atoms with Gasteiger partial charge in [-0.25, -0.2) is 4.99 Å². The predicted molar refractivity (Wildman–Crippen MR) is 75.1 cm³/mol. The molecule has 108 valence electrons. The topological polar surface area (TPSA) is 116 Å². The summed E-state index contributed by atoms with van der Waals surface area (Å²) in [6.07, 6.45) is 3.94. The number of aromatic nitrogens is 1. The number of rotatable bonds is 5. The highest BCUT2D eigenvalue weighted by Crippen LogP contribution is 2.10. The van der Waals surface area contributed by atoms with E-state index in [9.17, 15) is 4.79 Å². The lowest BCUT2D eigenvalue weighted by Gasteiger charge is -2.11. The molecule has 1 aromatic rings. The number of hydrogen-bond donors (Lipinski definition) is 3. The molecule has 0 bridgehead atoms. The van der Waals surface area contributed by atoms with Crippen molar-refractivity contribution in [2.24, 2.45) is 16.5 Å². The predicted octanol–water partition coefficient (Wildman–Crippen LogP) is -0.236. The monoisotopic (exact) mass is 277 g/mol. The first-order valence-corrected chi connectivity index (χ1v) is 6.55. The average molecular weight is 277 g/mol. The summed E-state index contributed by atoms with van der Waals surface area (Å²) >= 11 is 0. The molecule has 0 aliphatic carbocycles. The minimum absolute atomic E-state index is 0.222. The van der Waals surface area contributed by atoms with E-state index in [1.165, 1.54) is 0 Å². The summed E-state index contributed by atoms with van der Waals surface area (Å²) in [5.74, 6) is -0.169. The van der Waals surface area contributed by atoms with Crippen molar-refractivity contribution in [3.63, 3.8) is 0 Å². The van der Waals surface area contributed by atoms with Crippen molar-refractivity contribution in [1.29, 1.82) is 0 Å². The van der Waals surface area contributed by atoms with Crippen molar-refractivity contribution in [3.8, 4) is 0 Å². The summed E-state index contributed by atoms with van der Waals surface area (Å²) in [5, 5.41) is 3.03. The number of carbonyl (C=O) groups excluding carboxylic acids is 1. The molecule has 2 heterocycles. The van der Waals surface area contributed by atoms with Gasteiger partial charge < -0.3 is 21.5 Å². The smallest absolute Gasteiger partial charge is 0.267 e. The van der Waals surface area contributed by atoms with Crippen LogP contribution in [-0.2, 0) is 11.3 Å². The maximum absolute atomic E-state index is 10.9.